The molecule has 0 amide bonds. The summed E-state index contributed by atoms with van der Waals surface area (Å²) in [5, 5.41) is 0. The smallest absolute Gasteiger partial charge is 0.166 e. The molecule has 3 heterocycles. The number of halogens is 3. The lowest BCUT2D eigenvalue weighted by Gasteiger charge is -2.36. The lowest BCUT2D eigenvalue weighted by molar-refractivity contribution is 0.586. The van der Waals surface area contributed by atoms with Gasteiger partial charge < -0.3 is 9.80 Å². The normalized spacial score (nSPS) is 15.4. The first-order valence-corrected chi connectivity index (χ1v) is 8.15. The zero-order valence-corrected chi connectivity index (χ0v) is 14.3. The van der Waals surface area contributed by atoms with Crippen LogP contribution in [0.2, 0.25) is 0 Å². The van der Waals surface area contributed by atoms with E-state index in [1.54, 1.807) is 12.4 Å². The van der Waals surface area contributed by atoms with Crippen LogP contribution in [0.4, 0.5) is 16.0 Å². The van der Waals surface area contributed by atoms with Crippen LogP contribution in [0.3, 0.4) is 0 Å². The molecule has 0 bridgehead atoms. The Morgan fingerprint density at radius 2 is 1.67 bits per heavy atom. The highest BCUT2D eigenvalue weighted by molar-refractivity contribution is 9.10. The SMILES string of the molecule is Fc1cc(Br)cnc1N1CCN(c2ncccc2Br)CC1. The molecule has 3 rings (SSSR count). The molecule has 2 aromatic rings. The van der Waals surface area contributed by atoms with Crippen molar-refractivity contribution in [1.82, 2.24) is 9.97 Å². The van der Waals surface area contributed by atoms with Crippen molar-refractivity contribution in [2.75, 3.05) is 36.0 Å². The third-order valence-electron chi connectivity index (χ3n) is 3.41. The quantitative estimate of drug-likeness (QED) is 0.751. The molecule has 2 aromatic heterocycles. The first-order valence-electron chi connectivity index (χ1n) is 6.56. The minimum atomic E-state index is -0.295. The molecule has 1 fully saturated rings. The lowest BCUT2D eigenvalue weighted by atomic mass is 10.3. The van der Waals surface area contributed by atoms with E-state index in [4.69, 9.17) is 0 Å². The highest BCUT2D eigenvalue weighted by atomic mass is 79.9. The molecule has 0 radical (unpaired) electrons. The van der Waals surface area contributed by atoms with Crippen LogP contribution in [0.1, 0.15) is 0 Å². The fraction of sp³-hybridized carbons (Fsp3) is 0.286. The summed E-state index contributed by atoms with van der Waals surface area (Å²) in [6.07, 6.45) is 3.41. The molecule has 0 saturated carbocycles. The second kappa shape index (κ2) is 6.27. The van der Waals surface area contributed by atoms with Gasteiger partial charge in [0, 0.05) is 43.0 Å². The number of hydrogen-bond donors (Lipinski definition) is 0. The number of anilines is 2. The van der Waals surface area contributed by atoms with Gasteiger partial charge in [0.2, 0.25) is 0 Å². The van der Waals surface area contributed by atoms with Gasteiger partial charge in [0.25, 0.3) is 0 Å². The molecular formula is C14H13Br2FN4. The van der Waals surface area contributed by atoms with Crippen molar-refractivity contribution < 1.29 is 4.39 Å². The van der Waals surface area contributed by atoms with Gasteiger partial charge in [0.05, 0.1) is 4.47 Å². The molecule has 1 aliphatic rings. The molecule has 0 spiro atoms. The monoisotopic (exact) mass is 414 g/mol. The number of pyridine rings is 2. The molecule has 21 heavy (non-hydrogen) atoms. The van der Waals surface area contributed by atoms with Gasteiger partial charge >= 0.3 is 0 Å². The number of rotatable bonds is 2. The number of hydrogen-bond acceptors (Lipinski definition) is 4. The first kappa shape index (κ1) is 14.7. The standard InChI is InChI=1S/C14H13Br2FN4/c15-10-8-12(17)14(19-9-10)21-6-4-20(5-7-21)13-11(16)2-1-3-18-13/h1-3,8-9H,4-7H2. The van der Waals surface area contributed by atoms with E-state index >= 15 is 0 Å². The Kier molecular flexibility index (Phi) is 4.40. The molecule has 0 unspecified atom stereocenters. The van der Waals surface area contributed by atoms with Crippen molar-refractivity contribution in [3.8, 4) is 0 Å². The molecule has 4 nitrogen and oxygen atoms in total. The molecule has 0 aliphatic carbocycles. The molecule has 0 atom stereocenters. The average molecular weight is 416 g/mol. The summed E-state index contributed by atoms with van der Waals surface area (Å²) in [6.45, 7) is 3.00. The van der Waals surface area contributed by atoms with Gasteiger partial charge in [-0.15, -0.1) is 0 Å². The van der Waals surface area contributed by atoms with Crippen LogP contribution in [-0.4, -0.2) is 36.1 Å². The minimum absolute atomic E-state index is 0.295. The summed E-state index contributed by atoms with van der Waals surface area (Å²) >= 11 is 6.74. The van der Waals surface area contributed by atoms with E-state index in [1.807, 2.05) is 17.0 Å². The summed E-state index contributed by atoms with van der Waals surface area (Å²) in [5.74, 6) is 1.05. The summed E-state index contributed by atoms with van der Waals surface area (Å²) in [7, 11) is 0. The van der Waals surface area contributed by atoms with Crippen LogP contribution < -0.4 is 9.80 Å². The molecule has 1 saturated heterocycles. The van der Waals surface area contributed by atoms with Gasteiger partial charge in [-0.25, -0.2) is 14.4 Å². The zero-order chi connectivity index (χ0) is 14.8. The lowest BCUT2D eigenvalue weighted by Crippen LogP contribution is -2.47. The van der Waals surface area contributed by atoms with Crippen molar-refractivity contribution in [3.63, 3.8) is 0 Å². The molecule has 7 heteroatoms. The third-order valence-corrected chi connectivity index (χ3v) is 4.46. The Morgan fingerprint density at radius 1 is 1.00 bits per heavy atom. The third kappa shape index (κ3) is 3.18. The number of piperazine rings is 1. The van der Waals surface area contributed by atoms with Crippen LogP contribution in [0.5, 0.6) is 0 Å². The van der Waals surface area contributed by atoms with Crippen molar-refractivity contribution in [2.45, 2.75) is 0 Å². The van der Waals surface area contributed by atoms with Crippen molar-refractivity contribution in [1.29, 1.82) is 0 Å². The maximum Gasteiger partial charge on any atom is 0.166 e. The van der Waals surface area contributed by atoms with E-state index in [0.29, 0.717) is 23.4 Å². The van der Waals surface area contributed by atoms with Gasteiger partial charge in [0.1, 0.15) is 5.82 Å². The Labute approximate surface area is 139 Å². The average Bonchev–Trinajstić information content (AvgIpc) is 2.48. The molecular weight excluding hydrogens is 403 g/mol. The summed E-state index contributed by atoms with van der Waals surface area (Å²) in [5.41, 5.74) is 0. The van der Waals surface area contributed by atoms with E-state index in [1.165, 1.54) is 6.07 Å². The predicted octanol–water partition coefficient (Wildman–Crippen LogP) is 3.47. The molecule has 1 aliphatic heterocycles. The van der Waals surface area contributed by atoms with Gasteiger partial charge in [0.15, 0.2) is 11.6 Å². The van der Waals surface area contributed by atoms with Crippen LogP contribution in [0.25, 0.3) is 0 Å². The Hall–Kier alpha value is -1.21. The largest absolute Gasteiger partial charge is 0.352 e. The summed E-state index contributed by atoms with van der Waals surface area (Å²) in [6, 6.07) is 5.32. The van der Waals surface area contributed by atoms with E-state index in [0.717, 1.165) is 23.4 Å². The van der Waals surface area contributed by atoms with Crippen LogP contribution in [-0.2, 0) is 0 Å². The fourth-order valence-electron chi connectivity index (χ4n) is 2.38. The van der Waals surface area contributed by atoms with Crippen molar-refractivity contribution in [3.05, 3.63) is 45.4 Å². The molecule has 110 valence electrons. The molecule has 0 aromatic carbocycles. The Bertz CT molecular complexity index is 645. The maximum atomic E-state index is 14.0. The van der Waals surface area contributed by atoms with E-state index < -0.39 is 0 Å². The van der Waals surface area contributed by atoms with Gasteiger partial charge in [-0.05, 0) is 50.1 Å². The summed E-state index contributed by atoms with van der Waals surface area (Å²) < 4.78 is 15.6. The van der Waals surface area contributed by atoms with Crippen LogP contribution >= 0.6 is 31.9 Å². The van der Waals surface area contributed by atoms with Gasteiger partial charge in [-0.2, -0.15) is 0 Å². The van der Waals surface area contributed by atoms with Crippen LogP contribution in [0, 0.1) is 5.82 Å². The van der Waals surface area contributed by atoms with Crippen molar-refractivity contribution in [2.24, 2.45) is 0 Å². The second-order valence-electron chi connectivity index (χ2n) is 4.74. The van der Waals surface area contributed by atoms with E-state index in [9.17, 15) is 4.39 Å². The molecule has 0 N–H and O–H groups in total. The fourth-order valence-corrected chi connectivity index (χ4v) is 3.19. The van der Waals surface area contributed by atoms with Crippen molar-refractivity contribution >= 4 is 43.5 Å². The van der Waals surface area contributed by atoms with Crippen LogP contribution in [0.15, 0.2) is 39.5 Å². The highest BCUT2D eigenvalue weighted by Crippen LogP contribution is 2.26. The maximum absolute atomic E-state index is 14.0. The zero-order valence-electron chi connectivity index (χ0n) is 11.1. The number of nitrogens with zero attached hydrogens (tertiary/aromatic N) is 4. The Morgan fingerprint density at radius 3 is 2.29 bits per heavy atom. The topological polar surface area (TPSA) is 32.3 Å². The summed E-state index contributed by atoms with van der Waals surface area (Å²) in [4.78, 5) is 12.7. The Balaban J connectivity index is 1.72. The minimum Gasteiger partial charge on any atom is -0.352 e. The predicted molar refractivity (Wildman–Crippen MR) is 88.3 cm³/mol. The first-order chi connectivity index (χ1) is 10.1. The highest BCUT2D eigenvalue weighted by Gasteiger charge is 2.22. The van der Waals surface area contributed by atoms with E-state index in [2.05, 4.69) is 46.7 Å². The van der Waals surface area contributed by atoms with Gasteiger partial charge in [-0.3, -0.25) is 0 Å². The second-order valence-corrected chi connectivity index (χ2v) is 6.51. The van der Waals surface area contributed by atoms with Gasteiger partial charge in [-0.1, -0.05) is 0 Å². The number of aromatic nitrogens is 2. The van der Waals surface area contributed by atoms with E-state index in [-0.39, 0.29) is 5.82 Å².